The van der Waals surface area contributed by atoms with Crippen LogP contribution in [-0.4, -0.2) is 6.54 Å². The van der Waals surface area contributed by atoms with Crippen molar-refractivity contribution in [1.29, 1.82) is 0 Å². The predicted octanol–water partition coefficient (Wildman–Crippen LogP) is 1.68. The maximum Gasteiger partial charge on any atom is 0.0614 e. The standard InChI is InChI=1S/C7H15N/c1-4-5-8-6-7(2)3/h7-8H,4-5H2,1-3H3. The van der Waals surface area contributed by atoms with E-state index in [2.05, 4.69) is 32.6 Å². The van der Waals surface area contributed by atoms with Gasteiger partial charge in [0, 0.05) is 0 Å². The molecule has 8 heavy (non-hydrogen) atoms. The maximum absolute atomic E-state index is 3.10. The lowest BCUT2D eigenvalue weighted by atomic mass is 10.2. The highest BCUT2D eigenvalue weighted by Gasteiger charge is 1.90. The van der Waals surface area contributed by atoms with Crippen molar-refractivity contribution >= 4 is 0 Å². The molecule has 1 N–H and O–H groups in total. The molecule has 0 saturated carbocycles. The second-order valence-corrected chi connectivity index (χ2v) is 2.23. The Morgan fingerprint density at radius 1 is 1.50 bits per heavy atom. The van der Waals surface area contributed by atoms with Gasteiger partial charge in [0.2, 0.25) is 0 Å². The number of nitrogens with one attached hydrogen (secondary N) is 1. The van der Waals surface area contributed by atoms with Gasteiger partial charge >= 0.3 is 0 Å². The smallest absolute Gasteiger partial charge is 0.0614 e. The van der Waals surface area contributed by atoms with Crippen LogP contribution in [0.3, 0.4) is 0 Å². The third-order valence-electron chi connectivity index (χ3n) is 0.766. The summed E-state index contributed by atoms with van der Waals surface area (Å²) in [5.41, 5.74) is 0. The molecule has 0 aliphatic heterocycles. The van der Waals surface area contributed by atoms with Gasteiger partial charge in [0.15, 0.2) is 0 Å². The van der Waals surface area contributed by atoms with Crippen molar-refractivity contribution in [2.75, 3.05) is 6.54 Å². The summed E-state index contributed by atoms with van der Waals surface area (Å²) in [6.07, 6.45) is 1.18. The van der Waals surface area contributed by atoms with E-state index in [1.54, 1.807) is 0 Å². The first-order chi connectivity index (χ1) is 3.77. The van der Waals surface area contributed by atoms with E-state index < -0.39 is 0 Å². The summed E-state index contributed by atoms with van der Waals surface area (Å²) in [6.45, 7) is 10.5. The highest BCUT2D eigenvalue weighted by molar-refractivity contribution is 4.64. The monoisotopic (exact) mass is 113 g/mol. The minimum absolute atomic E-state index is 0.543. The molecule has 0 fully saturated rings. The quantitative estimate of drug-likeness (QED) is 0.432. The highest BCUT2D eigenvalue weighted by Crippen LogP contribution is 1.91. The Kier molecular flexibility index (Phi) is 5.08. The van der Waals surface area contributed by atoms with E-state index in [4.69, 9.17) is 0 Å². The lowest BCUT2D eigenvalue weighted by Gasteiger charge is -2.02. The van der Waals surface area contributed by atoms with E-state index in [0.29, 0.717) is 5.92 Å². The maximum atomic E-state index is 3.10. The van der Waals surface area contributed by atoms with Crippen LogP contribution >= 0.6 is 0 Å². The van der Waals surface area contributed by atoms with Crippen molar-refractivity contribution < 1.29 is 0 Å². The first-order valence-electron chi connectivity index (χ1n) is 3.25. The second-order valence-electron chi connectivity index (χ2n) is 2.23. The van der Waals surface area contributed by atoms with Gasteiger partial charge in [0.25, 0.3) is 0 Å². The van der Waals surface area contributed by atoms with E-state index >= 15 is 0 Å². The van der Waals surface area contributed by atoms with Crippen molar-refractivity contribution in [3.8, 4) is 0 Å². The van der Waals surface area contributed by atoms with Gasteiger partial charge in [-0.15, -0.1) is 0 Å². The molecule has 2 radical (unpaired) electrons. The van der Waals surface area contributed by atoms with Crippen molar-refractivity contribution in [3.63, 3.8) is 0 Å². The van der Waals surface area contributed by atoms with Gasteiger partial charge in [-0.25, -0.2) is 0 Å². The zero-order chi connectivity index (χ0) is 6.41. The van der Waals surface area contributed by atoms with Crippen LogP contribution in [0.4, 0.5) is 0 Å². The molecule has 0 spiro atoms. The molecule has 0 amide bonds. The van der Waals surface area contributed by atoms with Crippen LogP contribution in [-0.2, 0) is 0 Å². The molecule has 0 atom stereocenters. The fourth-order valence-corrected chi connectivity index (χ4v) is 0.401. The average Bonchev–Trinajstić information content (AvgIpc) is 1.66. The van der Waals surface area contributed by atoms with E-state index in [9.17, 15) is 0 Å². The molecular weight excluding hydrogens is 98.1 g/mol. The fourth-order valence-electron chi connectivity index (χ4n) is 0.401. The van der Waals surface area contributed by atoms with E-state index in [0.717, 1.165) is 6.54 Å². The molecular formula is C7H15N. The molecule has 0 aromatic carbocycles. The first-order valence-corrected chi connectivity index (χ1v) is 3.25. The highest BCUT2D eigenvalue weighted by atomic mass is 14.8. The zero-order valence-corrected chi connectivity index (χ0v) is 5.99. The molecule has 1 nitrogen and oxygen atoms in total. The van der Waals surface area contributed by atoms with E-state index in [-0.39, 0.29) is 0 Å². The summed E-state index contributed by atoms with van der Waals surface area (Å²) < 4.78 is 0. The predicted molar refractivity (Wildman–Crippen MR) is 36.4 cm³/mol. The largest absolute Gasteiger partial charge is 0.308 e. The van der Waals surface area contributed by atoms with Gasteiger partial charge < -0.3 is 5.32 Å². The fraction of sp³-hybridized carbons (Fsp3) is 0.857. The van der Waals surface area contributed by atoms with Crippen LogP contribution in [0.15, 0.2) is 0 Å². The Bertz CT molecular complexity index is 41.7. The number of hydrogen-bond acceptors (Lipinski definition) is 1. The molecule has 0 saturated heterocycles. The molecule has 0 unspecified atom stereocenters. The minimum atomic E-state index is 0.543. The van der Waals surface area contributed by atoms with E-state index in [1.165, 1.54) is 6.42 Å². The molecule has 0 aromatic heterocycles. The Hall–Kier alpha value is -0.0400. The van der Waals surface area contributed by atoms with Gasteiger partial charge in [-0.3, -0.25) is 0 Å². The molecule has 0 bridgehead atoms. The molecule has 0 aromatic rings. The minimum Gasteiger partial charge on any atom is -0.308 e. The zero-order valence-electron chi connectivity index (χ0n) is 5.99. The lowest BCUT2D eigenvalue weighted by Crippen LogP contribution is -2.13. The Morgan fingerprint density at radius 3 is 2.50 bits per heavy atom. The third-order valence-corrected chi connectivity index (χ3v) is 0.766. The summed E-state index contributed by atoms with van der Waals surface area (Å²) in [5.74, 6) is 0.543. The van der Waals surface area contributed by atoms with Gasteiger partial charge in [-0.05, 0) is 18.9 Å². The van der Waals surface area contributed by atoms with E-state index in [1.807, 2.05) is 0 Å². The summed E-state index contributed by atoms with van der Waals surface area (Å²) in [4.78, 5) is 0. The first kappa shape index (κ1) is 7.96. The summed E-state index contributed by atoms with van der Waals surface area (Å²) in [7, 11) is 0. The molecule has 0 heterocycles. The van der Waals surface area contributed by atoms with Crippen molar-refractivity contribution in [1.82, 2.24) is 5.32 Å². The normalized spacial score (nSPS) is 10.5. The van der Waals surface area contributed by atoms with Crippen LogP contribution < -0.4 is 5.32 Å². The molecule has 0 aliphatic rings. The Labute approximate surface area is 52.5 Å². The average molecular weight is 113 g/mol. The third kappa shape index (κ3) is 5.96. The van der Waals surface area contributed by atoms with Crippen molar-refractivity contribution in [2.24, 2.45) is 5.92 Å². The lowest BCUT2D eigenvalue weighted by molar-refractivity contribution is 0.635. The number of hydrogen-bond donors (Lipinski definition) is 1. The molecule has 0 aliphatic carbocycles. The van der Waals surface area contributed by atoms with Crippen LogP contribution in [0.5, 0.6) is 0 Å². The molecule has 1 heteroatoms. The van der Waals surface area contributed by atoms with Crippen LogP contribution in [0.25, 0.3) is 0 Å². The van der Waals surface area contributed by atoms with Gasteiger partial charge in [0.1, 0.15) is 0 Å². The number of rotatable bonds is 4. The van der Waals surface area contributed by atoms with Crippen molar-refractivity contribution in [2.45, 2.75) is 27.2 Å². The topological polar surface area (TPSA) is 12.0 Å². The van der Waals surface area contributed by atoms with Gasteiger partial charge in [-0.1, -0.05) is 20.8 Å². The van der Waals surface area contributed by atoms with Crippen LogP contribution in [0.1, 0.15) is 27.2 Å². The summed E-state index contributed by atoms with van der Waals surface area (Å²) in [5, 5.41) is 3.08. The Morgan fingerprint density at radius 2 is 2.12 bits per heavy atom. The summed E-state index contributed by atoms with van der Waals surface area (Å²) >= 11 is 0. The van der Waals surface area contributed by atoms with Gasteiger partial charge in [0.05, 0.1) is 6.54 Å². The Balaban J connectivity index is 2.72. The van der Waals surface area contributed by atoms with Gasteiger partial charge in [-0.2, -0.15) is 0 Å². The molecule has 48 valence electrons. The second kappa shape index (κ2) is 5.10. The van der Waals surface area contributed by atoms with Crippen molar-refractivity contribution in [3.05, 3.63) is 6.54 Å². The summed E-state index contributed by atoms with van der Waals surface area (Å²) in [6, 6.07) is 0. The SMILES string of the molecule is CCCN[C]C(C)C. The molecule has 0 rings (SSSR count). The van der Waals surface area contributed by atoms with Crippen LogP contribution in [0.2, 0.25) is 0 Å². The van der Waals surface area contributed by atoms with Crippen LogP contribution in [0, 0.1) is 12.5 Å².